The van der Waals surface area contributed by atoms with Crippen molar-refractivity contribution < 1.29 is 32.9 Å². The van der Waals surface area contributed by atoms with E-state index in [1.807, 2.05) is 27.2 Å². The third-order valence-corrected chi connectivity index (χ3v) is 12.9. The molecule has 0 heterocycles. The van der Waals surface area contributed by atoms with Crippen LogP contribution in [0.5, 0.6) is 0 Å². The van der Waals surface area contributed by atoms with E-state index >= 15 is 0 Å². The number of amides is 1. The number of carbonyl (C=O) groups excluding carboxylic acids is 1. The first-order chi connectivity index (χ1) is 36.5. The molecule has 0 spiro atoms. The van der Waals surface area contributed by atoms with Gasteiger partial charge in [0.15, 0.2) is 0 Å². The molecule has 0 aliphatic carbocycles. The van der Waals surface area contributed by atoms with Crippen molar-refractivity contribution in [3.8, 4) is 0 Å². The van der Waals surface area contributed by atoms with Crippen molar-refractivity contribution in [3.63, 3.8) is 0 Å². The molecule has 0 aromatic rings. The number of aliphatic hydroxyl groups excluding tert-OH is 1. The first-order valence-electron chi connectivity index (χ1n) is 29.3. The Morgan fingerprint density at radius 1 is 0.480 bits per heavy atom. The van der Waals surface area contributed by atoms with E-state index in [2.05, 4.69) is 165 Å². The van der Waals surface area contributed by atoms with Crippen LogP contribution in [-0.2, 0) is 18.4 Å². The number of rotatable bonds is 51. The summed E-state index contributed by atoms with van der Waals surface area (Å²) in [6, 6.07) is -0.925. The summed E-state index contributed by atoms with van der Waals surface area (Å²) < 4.78 is 23.3. The fourth-order valence-corrected chi connectivity index (χ4v) is 8.11. The highest BCUT2D eigenvalue weighted by atomic mass is 31.2. The average Bonchev–Trinajstić information content (AvgIpc) is 3.37. The monoisotopic (exact) mass is 1060 g/mol. The molecule has 9 heteroatoms. The number of phosphoric ester groups is 1. The van der Waals surface area contributed by atoms with Gasteiger partial charge in [0.2, 0.25) is 5.91 Å². The second kappa shape index (κ2) is 54.9. The SMILES string of the molecule is CC/C=C\C/C=C\C/C=C\C/C=C\C/C=C\C/C=C\C/C=C\C/C=C\C/C=C\C/C=C\CCCCCCCCCCC(=O)NC(COP(=O)([O-])OCC[N+](C)(C)C)C(O)/C=C/CC/C=C/CC/C=C/CCCCCC. The van der Waals surface area contributed by atoms with Gasteiger partial charge in [0, 0.05) is 6.42 Å². The lowest BCUT2D eigenvalue weighted by molar-refractivity contribution is -0.870. The number of quaternary nitrogens is 1. The topological polar surface area (TPSA) is 108 Å². The second-order valence-corrected chi connectivity index (χ2v) is 21.7. The van der Waals surface area contributed by atoms with Crippen molar-refractivity contribution >= 4 is 13.7 Å². The van der Waals surface area contributed by atoms with E-state index in [0.717, 1.165) is 128 Å². The lowest BCUT2D eigenvalue weighted by Gasteiger charge is -2.29. The van der Waals surface area contributed by atoms with Crippen LogP contribution in [0, 0.1) is 0 Å². The number of likely N-dealkylation sites (N-methyl/N-ethyl adjacent to an activating group) is 1. The predicted molar refractivity (Wildman–Crippen MR) is 324 cm³/mol. The molecule has 0 aromatic carbocycles. The van der Waals surface area contributed by atoms with Crippen LogP contribution < -0.4 is 10.2 Å². The summed E-state index contributed by atoms with van der Waals surface area (Å²) in [5.74, 6) is -0.228. The average molecular weight is 1060 g/mol. The summed E-state index contributed by atoms with van der Waals surface area (Å²) in [4.78, 5) is 25.4. The van der Waals surface area contributed by atoms with Gasteiger partial charge in [-0.1, -0.05) is 230 Å². The highest BCUT2D eigenvalue weighted by Crippen LogP contribution is 2.38. The van der Waals surface area contributed by atoms with E-state index in [0.29, 0.717) is 17.4 Å². The number of carbonyl (C=O) groups is 1. The Balaban J connectivity index is 4.19. The molecule has 2 N–H and O–H groups in total. The Labute approximate surface area is 461 Å². The van der Waals surface area contributed by atoms with Crippen LogP contribution >= 0.6 is 7.82 Å². The lowest BCUT2D eigenvalue weighted by Crippen LogP contribution is -2.45. The fourth-order valence-electron chi connectivity index (χ4n) is 7.39. The van der Waals surface area contributed by atoms with Gasteiger partial charge in [-0.15, -0.1) is 0 Å². The zero-order chi connectivity index (χ0) is 54.9. The van der Waals surface area contributed by atoms with Gasteiger partial charge < -0.3 is 28.8 Å². The molecular formula is C66H109N2O6P. The van der Waals surface area contributed by atoms with Gasteiger partial charge in [0.1, 0.15) is 13.2 Å². The Morgan fingerprint density at radius 2 is 0.827 bits per heavy atom. The summed E-state index contributed by atoms with van der Waals surface area (Å²) in [5, 5.41) is 13.8. The van der Waals surface area contributed by atoms with Crippen molar-refractivity contribution in [1.82, 2.24) is 5.32 Å². The molecule has 0 aliphatic rings. The minimum absolute atomic E-state index is 0.0191. The molecule has 0 aliphatic heterocycles. The molecule has 3 unspecified atom stereocenters. The van der Waals surface area contributed by atoms with Gasteiger partial charge in [0.05, 0.1) is 39.9 Å². The zero-order valence-electron chi connectivity index (χ0n) is 48.2. The van der Waals surface area contributed by atoms with E-state index in [4.69, 9.17) is 9.05 Å². The minimum Gasteiger partial charge on any atom is -0.756 e. The van der Waals surface area contributed by atoms with Crippen LogP contribution in [0.25, 0.3) is 0 Å². The van der Waals surface area contributed by atoms with Gasteiger partial charge in [0.25, 0.3) is 7.82 Å². The molecule has 8 nitrogen and oxygen atoms in total. The molecule has 0 rings (SSSR count). The summed E-state index contributed by atoms with van der Waals surface area (Å²) in [6.07, 6.45) is 86.1. The molecule has 0 saturated heterocycles. The van der Waals surface area contributed by atoms with Crippen molar-refractivity contribution in [2.45, 2.75) is 212 Å². The van der Waals surface area contributed by atoms with E-state index in [9.17, 15) is 19.4 Å². The molecule has 0 saturated carbocycles. The van der Waals surface area contributed by atoms with Gasteiger partial charge in [-0.3, -0.25) is 9.36 Å². The number of aliphatic hydroxyl groups is 1. The van der Waals surface area contributed by atoms with E-state index < -0.39 is 26.6 Å². The van der Waals surface area contributed by atoms with Crippen molar-refractivity contribution in [1.29, 1.82) is 0 Å². The number of hydrogen-bond acceptors (Lipinski definition) is 6. The van der Waals surface area contributed by atoms with Crippen LogP contribution in [0.15, 0.2) is 158 Å². The van der Waals surface area contributed by atoms with Crippen LogP contribution in [0.2, 0.25) is 0 Å². The highest BCUT2D eigenvalue weighted by Gasteiger charge is 2.23. The van der Waals surface area contributed by atoms with Crippen molar-refractivity contribution in [2.75, 3.05) is 40.9 Å². The number of phosphoric acid groups is 1. The first-order valence-corrected chi connectivity index (χ1v) is 30.8. The third kappa shape index (κ3) is 57.7. The molecule has 0 bridgehead atoms. The number of nitrogens with one attached hydrogen (secondary N) is 1. The van der Waals surface area contributed by atoms with Gasteiger partial charge >= 0.3 is 0 Å². The largest absolute Gasteiger partial charge is 0.756 e. The van der Waals surface area contributed by atoms with Crippen LogP contribution in [0.1, 0.15) is 200 Å². The number of nitrogens with zero attached hydrogens (tertiary/aromatic N) is 1. The maximum atomic E-state index is 12.9. The smallest absolute Gasteiger partial charge is 0.268 e. The highest BCUT2D eigenvalue weighted by molar-refractivity contribution is 7.45. The van der Waals surface area contributed by atoms with Crippen molar-refractivity contribution in [3.05, 3.63) is 158 Å². The molecule has 0 fully saturated rings. The third-order valence-electron chi connectivity index (χ3n) is 11.9. The summed E-state index contributed by atoms with van der Waals surface area (Å²) in [6.45, 7) is 4.44. The molecule has 424 valence electrons. The normalized spacial score (nSPS) is 15.0. The van der Waals surface area contributed by atoms with Crippen LogP contribution in [-0.4, -0.2) is 68.5 Å². The number of hydrogen-bond donors (Lipinski definition) is 2. The molecule has 3 atom stereocenters. The lowest BCUT2D eigenvalue weighted by atomic mass is 10.1. The quantitative estimate of drug-likeness (QED) is 0.0272. The van der Waals surface area contributed by atoms with Gasteiger partial charge in [-0.2, -0.15) is 0 Å². The summed E-state index contributed by atoms with van der Waals surface area (Å²) >= 11 is 0. The van der Waals surface area contributed by atoms with E-state index in [1.165, 1.54) is 51.4 Å². The molecule has 1 amide bonds. The Hall–Kier alpha value is -3.88. The minimum atomic E-state index is -4.62. The van der Waals surface area contributed by atoms with Crippen LogP contribution in [0.4, 0.5) is 0 Å². The Kier molecular flexibility index (Phi) is 52.1. The molecule has 0 aromatic heterocycles. The van der Waals surface area contributed by atoms with E-state index in [1.54, 1.807) is 6.08 Å². The summed E-state index contributed by atoms with van der Waals surface area (Å²) in [5.41, 5.74) is 0. The Bertz CT molecular complexity index is 1770. The molecular weight excluding hydrogens is 948 g/mol. The van der Waals surface area contributed by atoms with Crippen LogP contribution in [0.3, 0.4) is 0 Å². The first kappa shape index (κ1) is 71.1. The molecule has 0 radical (unpaired) electrons. The predicted octanol–water partition coefficient (Wildman–Crippen LogP) is 17.6. The summed E-state index contributed by atoms with van der Waals surface area (Å²) in [7, 11) is 1.20. The van der Waals surface area contributed by atoms with Gasteiger partial charge in [-0.05, 0) is 122 Å². The zero-order valence-corrected chi connectivity index (χ0v) is 49.1. The fraction of sp³-hybridized carbons (Fsp3) is 0.591. The van der Waals surface area contributed by atoms with Crippen molar-refractivity contribution in [2.24, 2.45) is 0 Å². The number of allylic oxidation sites excluding steroid dienone is 25. The maximum absolute atomic E-state index is 12.9. The standard InChI is InChI=1S/C66H109N2O6P/c1-6-8-10-12-14-16-18-20-22-23-24-25-26-27-28-29-30-31-32-33-34-35-36-37-38-39-40-41-42-43-44-45-46-48-50-52-54-56-58-60-66(70)67-64(63-74-75(71,72)73-62-61-68(3,4)5)65(69)59-57-55-53-51-49-47-21-19-17-15-13-11-9-7-2/h8,10,14,16-17,19-20,22,24-25,27-28,30-31,33-34,36-37,39-40,42-43,49,51,57,59,64-65,69H,6-7,9,11-13,15,18,21,23,26,29,32,35,38,41,44-48,50,52-56,58,60-63H2,1-5H3,(H-,67,70,71,72)/b10-8-,16-14-,19-17+,22-20-,25-24-,28-27-,31-30-,34-33-,37-36-,40-39-,43-42-,51-49+,59-57+. The number of unbranched alkanes of at least 4 members (excludes halogenated alkanes) is 14. The second-order valence-electron chi connectivity index (χ2n) is 20.2. The Morgan fingerprint density at radius 3 is 1.24 bits per heavy atom. The van der Waals surface area contributed by atoms with E-state index in [-0.39, 0.29) is 12.5 Å². The maximum Gasteiger partial charge on any atom is 0.268 e. The van der Waals surface area contributed by atoms with Gasteiger partial charge in [-0.25, -0.2) is 0 Å². The molecule has 75 heavy (non-hydrogen) atoms.